The van der Waals surface area contributed by atoms with Gasteiger partial charge in [-0.05, 0) is 70.1 Å². The number of amides is 3. The van der Waals surface area contributed by atoms with Crippen molar-refractivity contribution in [2.24, 2.45) is 5.92 Å². The molecular weight excluding hydrogens is 530 g/mol. The number of aliphatic hydroxyl groups is 1. The highest BCUT2D eigenvalue weighted by atomic mass is 16.6. The summed E-state index contributed by atoms with van der Waals surface area (Å²) in [5, 5.41) is 17.9. The summed E-state index contributed by atoms with van der Waals surface area (Å²) in [6.45, 7) is 3.64. The van der Waals surface area contributed by atoms with Crippen molar-refractivity contribution in [3.8, 4) is 5.75 Å². The average Bonchev–Trinajstić information content (AvgIpc) is 3.50. The molecule has 4 rings (SSSR count). The summed E-state index contributed by atoms with van der Waals surface area (Å²) < 4.78 is 15.8. The molecule has 41 heavy (non-hydrogen) atoms. The summed E-state index contributed by atoms with van der Waals surface area (Å²) in [6, 6.07) is 4.42. The number of methoxy groups -OCH3 is 1. The molecule has 1 aromatic carbocycles. The fraction of sp³-hybridized carbons (Fsp3) is 0.600. The first-order valence-corrected chi connectivity index (χ1v) is 14.3. The van der Waals surface area contributed by atoms with E-state index in [9.17, 15) is 24.3 Å². The molecule has 6 atom stereocenters. The van der Waals surface area contributed by atoms with Crippen LogP contribution < -0.4 is 20.7 Å². The zero-order chi connectivity index (χ0) is 29.6. The van der Waals surface area contributed by atoms with Crippen LogP contribution in [0.1, 0.15) is 57.9 Å². The molecule has 2 saturated heterocycles. The summed E-state index contributed by atoms with van der Waals surface area (Å²) in [5.74, 6) is -1.40. The van der Waals surface area contributed by atoms with Crippen LogP contribution in [0.2, 0.25) is 0 Å². The molecule has 0 unspecified atom stereocenters. The number of ether oxygens (including phenoxy) is 3. The number of benzene rings is 1. The standard InChI is InChI=1S/C30H41N3O8/c1-18(31-28(37)21-10-13-25(34)40-16-21)27(36)33-24(15-20-8-11-22(39-3)12-9-20)29(38)32-23(14-19-6-4-5-7-19)26(35)30(2)17-41-30/h6,8-9,11-12,18,21,23-25,34H,4-5,7,10,13-17H2,1-3H3,(H,31,37)(H,32,38)(H,33,36)/t18-,21-,23+,24+,25-,30-/m1/s1. The second-order valence-electron chi connectivity index (χ2n) is 11.3. The molecule has 0 bridgehead atoms. The van der Waals surface area contributed by atoms with Gasteiger partial charge in [-0.15, -0.1) is 0 Å². The number of hydrogen-bond donors (Lipinski definition) is 4. The zero-order valence-electron chi connectivity index (χ0n) is 23.9. The Kier molecular flexibility index (Phi) is 10.2. The van der Waals surface area contributed by atoms with Crippen molar-refractivity contribution in [2.75, 3.05) is 20.3 Å². The molecule has 11 nitrogen and oxygen atoms in total. The maximum absolute atomic E-state index is 13.7. The van der Waals surface area contributed by atoms with Crippen molar-refractivity contribution >= 4 is 23.5 Å². The van der Waals surface area contributed by atoms with E-state index < -0.39 is 47.7 Å². The first-order chi connectivity index (χ1) is 19.6. The van der Waals surface area contributed by atoms with E-state index >= 15 is 0 Å². The van der Waals surface area contributed by atoms with Gasteiger partial charge in [0.25, 0.3) is 0 Å². The number of epoxide rings is 1. The minimum absolute atomic E-state index is 0.0678. The fourth-order valence-electron chi connectivity index (χ4n) is 5.13. The largest absolute Gasteiger partial charge is 0.497 e. The summed E-state index contributed by atoms with van der Waals surface area (Å²) in [5.41, 5.74) is 0.989. The highest BCUT2D eigenvalue weighted by Gasteiger charge is 2.50. The Hall–Kier alpha value is -3.28. The smallest absolute Gasteiger partial charge is 0.243 e. The van der Waals surface area contributed by atoms with Gasteiger partial charge in [0, 0.05) is 6.42 Å². The molecule has 0 radical (unpaired) electrons. The molecule has 1 aromatic rings. The molecule has 0 saturated carbocycles. The summed E-state index contributed by atoms with van der Waals surface area (Å²) in [4.78, 5) is 52.8. The molecule has 2 aliphatic heterocycles. The van der Waals surface area contributed by atoms with Crippen molar-refractivity contribution in [3.05, 3.63) is 41.5 Å². The summed E-state index contributed by atoms with van der Waals surface area (Å²) >= 11 is 0. The lowest BCUT2D eigenvalue weighted by atomic mass is 9.94. The van der Waals surface area contributed by atoms with Crippen molar-refractivity contribution in [1.29, 1.82) is 0 Å². The van der Waals surface area contributed by atoms with Crippen molar-refractivity contribution in [1.82, 2.24) is 16.0 Å². The number of Topliss-reactive ketones (excluding diaryl/α,β-unsaturated/α-hetero) is 1. The van der Waals surface area contributed by atoms with Gasteiger partial charge in [-0.3, -0.25) is 19.2 Å². The van der Waals surface area contributed by atoms with Crippen LogP contribution in [-0.4, -0.2) is 79.0 Å². The third-order valence-electron chi connectivity index (χ3n) is 7.94. The number of rotatable bonds is 13. The number of ketones is 1. The van der Waals surface area contributed by atoms with E-state index in [1.54, 1.807) is 38.3 Å². The van der Waals surface area contributed by atoms with Crippen LogP contribution in [0.25, 0.3) is 0 Å². The first kappa shape index (κ1) is 30.7. The van der Waals surface area contributed by atoms with E-state index in [1.165, 1.54) is 6.92 Å². The second-order valence-corrected chi connectivity index (χ2v) is 11.3. The van der Waals surface area contributed by atoms with Gasteiger partial charge < -0.3 is 35.3 Å². The maximum Gasteiger partial charge on any atom is 0.243 e. The minimum Gasteiger partial charge on any atom is -0.497 e. The van der Waals surface area contributed by atoms with E-state index in [0.717, 1.165) is 30.4 Å². The Morgan fingerprint density at radius 2 is 1.76 bits per heavy atom. The van der Waals surface area contributed by atoms with Gasteiger partial charge in [-0.1, -0.05) is 23.8 Å². The van der Waals surface area contributed by atoms with Gasteiger partial charge in [0.05, 0.1) is 32.3 Å². The molecule has 3 amide bonds. The third kappa shape index (κ3) is 8.37. The van der Waals surface area contributed by atoms with Gasteiger partial charge in [0.15, 0.2) is 12.1 Å². The number of hydrogen-bond acceptors (Lipinski definition) is 8. The first-order valence-electron chi connectivity index (χ1n) is 14.3. The molecule has 2 heterocycles. The molecule has 0 aromatic heterocycles. The van der Waals surface area contributed by atoms with Gasteiger partial charge in [0.1, 0.15) is 23.4 Å². The lowest BCUT2D eigenvalue weighted by molar-refractivity contribution is -0.155. The molecule has 11 heteroatoms. The van der Waals surface area contributed by atoms with Gasteiger partial charge in [-0.2, -0.15) is 0 Å². The Morgan fingerprint density at radius 3 is 2.34 bits per heavy atom. The quantitative estimate of drug-likeness (QED) is 0.204. The third-order valence-corrected chi connectivity index (χ3v) is 7.94. The summed E-state index contributed by atoms with van der Waals surface area (Å²) in [6.07, 6.45) is 5.42. The topological polar surface area (TPSA) is 156 Å². The molecule has 2 fully saturated rings. The number of allylic oxidation sites excluding steroid dienone is 1. The molecular formula is C30H41N3O8. The van der Waals surface area contributed by atoms with Gasteiger partial charge >= 0.3 is 0 Å². The van der Waals surface area contributed by atoms with Gasteiger partial charge in [-0.25, -0.2) is 0 Å². The molecule has 4 N–H and O–H groups in total. The minimum atomic E-state index is -1.01. The summed E-state index contributed by atoms with van der Waals surface area (Å²) in [7, 11) is 1.56. The lowest BCUT2D eigenvalue weighted by Crippen LogP contribution is -2.57. The predicted octanol–water partition coefficient (Wildman–Crippen LogP) is 1.32. The second kappa shape index (κ2) is 13.6. The number of nitrogens with one attached hydrogen (secondary N) is 3. The van der Waals surface area contributed by atoms with Crippen LogP contribution in [0.15, 0.2) is 35.9 Å². The highest BCUT2D eigenvalue weighted by Crippen LogP contribution is 2.31. The van der Waals surface area contributed by atoms with Gasteiger partial charge in [0.2, 0.25) is 17.7 Å². The molecule has 0 spiro atoms. The zero-order valence-corrected chi connectivity index (χ0v) is 23.9. The van der Waals surface area contributed by atoms with Crippen LogP contribution in [-0.2, 0) is 35.1 Å². The van der Waals surface area contributed by atoms with Crippen molar-refractivity contribution < 1.29 is 38.5 Å². The number of carbonyl (C=O) groups is 4. The monoisotopic (exact) mass is 571 g/mol. The van der Waals surface area contributed by atoms with Crippen LogP contribution in [0.5, 0.6) is 5.75 Å². The Bertz CT molecular complexity index is 1140. The van der Waals surface area contributed by atoms with Crippen LogP contribution in [0.3, 0.4) is 0 Å². The van der Waals surface area contributed by atoms with Crippen molar-refractivity contribution in [3.63, 3.8) is 0 Å². The normalized spacial score (nSPS) is 25.7. The molecule has 1 aliphatic carbocycles. The molecule has 3 aliphatic rings. The van der Waals surface area contributed by atoms with Crippen molar-refractivity contribution in [2.45, 2.75) is 88.8 Å². The fourth-order valence-corrected chi connectivity index (χ4v) is 5.13. The highest BCUT2D eigenvalue weighted by molar-refractivity contribution is 5.98. The van der Waals surface area contributed by atoms with Crippen LogP contribution >= 0.6 is 0 Å². The van der Waals surface area contributed by atoms with E-state index in [1.807, 2.05) is 0 Å². The van der Waals surface area contributed by atoms with E-state index in [-0.39, 0.29) is 24.7 Å². The maximum atomic E-state index is 13.7. The molecule has 224 valence electrons. The Labute approximate surface area is 240 Å². The van der Waals surface area contributed by atoms with E-state index in [4.69, 9.17) is 14.2 Å². The predicted molar refractivity (Wildman–Crippen MR) is 149 cm³/mol. The Balaban J connectivity index is 1.46. The SMILES string of the molecule is COc1ccc(C[C@H](NC(=O)[C@@H](C)NC(=O)[C@@H]2CC[C@H](O)OC2)C(=O)N[C@@H](CC2=CCCC2)C(=O)[C@@]2(C)CO2)cc1. The van der Waals surface area contributed by atoms with Crippen LogP contribution in [0, 0.1) is 5.92 Å². The van der Waals surface area contributed by atoms with E-state index in [0.29, 0.717) is 31.6 Å². The number of carbonyl (C=O) groups excluding carboxylic acids is 4. The Morgan fingerprint density at radius 1 is 1.05 bits per heavy atom. The number of aliphatic hydroxyl groups excluding tert-OH is 1. The average molecular weight is 572 g/mol. The van der Waals surface area contributed by atoms with E-state index in [2.05, 4.69) is 22.0 Å². The van der Waals surface area contributed by atoms with Crippen LogP contribution in [0.4, 0.5) is 0 Å². The lowest BCUT2D eigenvalue weighted by Gasteiger charge is -2.27.